The molecule has 194 valence electrons. The van der Waals surface area contributed by atoms with Gasteiger partial charge in [-0.25, -0.2) is 4.98 Å². The Morgan fingerprint density at radius 3 is 2.08 bits per heavy atom. The van der Waals surface area contributed by atoms with E-state index < -0.39 is 0 Å². The van der Waals surface area contributed by atoms with Gasteiger partial charge in [-0.1, -0.05) is 100.0 Å². The number of aliphatic hydroxyl groups excluding tert-OH is 1. The number of aryl methyl sites for hydroxylation is 1. The monoisotopic (exact) mass is 502 g/mol. The van der Waals surface area contributed by atoms with Gasteiger partial charge in [-0.15, -0.1) is 0 Å². The molecule has 0 saturated heterocycles. The highest BCUT2D eigenvalue weighted by Crippen LogP contribution is 2.42. The Kier molecular flexibility index (Phi) is 7.76. The minimum Gasteiger partial charge on any atom is -0.395 e. The first-order valence-electron chi connectivity index (χ1n) is 14.0. The number of aromatic nitrogens is 1. The van der Waals surface area contributed by atoms with Gasteiger partial charge in [0.1, 0.15) is 5.82 Å². The minimum atomic E-state index is -0.354. The number of fused-ring (bicyclic) bond motifs is 2. The quantitative estimate of drug-likeness (QED) is 0.207. The smallest absolute Gasteiger partial charge is 0.137 e. The maximum atomic E-state index is 10.4. The normalized spacial score (nSPS) is 11.8. The van der Waals surface area contributed by atoms with Crippen molar-refractivity contribution >= 4 is 38.7 Å². The van der Waals surface area contributed by atoms with Crippen LogP contribution in [0.2, 0.25) is 0 Å². The average molecular weight is 503 g/mol. The van der Waals surface area contributed by atoms with E-state index in [-0.39, 0.29) is 12.0 Å². The minimum absolute atomic E-state index is 0.0829. The highest BCUT2D eigenvalue weighted by molar-refractivity contribution is 6.04. The zero-order valence-electron chi connectivity index (χ0n) is 22.8. The third-order valence-electron chi connectivity index (χ3n) is 8.15. The lowest BCUT2D eigenvalue weighted by molar-refractivity contribution is 0.179. The first kappa shape index (κ1) is 25.9. The van der Waals surface area contributed by atoms with Gasteiger partial charge in [0.05, 0.1) is 23.7 Å². The molecule has 0 spiro atoms. The molecule has 0 amide bonds. The molecule has 38 heavy (non-hydrogen) atoms. The van der Waals surface area contributed by atoms with Gasteiger partial charge >= 0.3 is 0 Å². The third kappa shape index (κ3) is 4.79. The number of benzene rings is 4. The molecule has 0 saturated carbocycles. The van der Waals surface area contributed by atoms with Crippen LogP contribution in [0.3, 0.4) is 0 Å². The van der Waals surface area contributed by atoms with Crippen molar-refractivity contribution in [1.82, 2.24) is 4.98 Å². The maximum absolute atomic E-state index is 10.4. The van der Waals surface area contributed by atoms with Crippen LogP contribution >= 0.6 is 0 Å². The number of pyridine rings is 1. The summed E-state index contributed by atoms with van der Waals surface area (Å²) in [6.45, 7) is 6.60. The summed E-state index contributed by atoms with van der Waals surface area (Å²) in [6, 6.07) is 34.7. The van der Waals surface area contributed by atoms with Crippen molar-refractivity contribution in [3.05, 3.63) is 108 Å². The molecule has 0 aliphatic rings. The Bertz CT molecular complexity index is 1520. The van der Waals surface area contributed by atoms with E-state index in [1.165, 1.54) is 39.9 Å². The molecule has 0 unspecified atom stereocenters. The van der Waals surface area contributed by atoms with Crippen molar-refractivity contribution < 1.29 is 5.11 Å². The molecule has 0 fully saturated rings. The lowest BCUT2D eigenvalue weighted by atomic mass is 9.79. The highest BCUT2D eigenvalue weighted by Gasteiger charge is 2.30. The van der Waals surface area contributed by atoms with Crippen LogP contribution in [0.5, 0.6) is 0 Å². The van der Waals surface area contributed by atoms with Gasteiger partial charge in [-0.3, -0.25) is 4.90 Å². The van der Waals surface area contributed by atoms with Crippen molar-refractivity contribution in [3.8, 4) is 0 Å². The van der Waals surface area contributed by atoms with E-state index in [4.69, 9.17) is 4.98 Å². The van der Waals surface area contributed by atoms with Crippen LogP contribution in [0.25, 0.3) is 21.5 Å². The lowest BCUT2D eigenvalue weighted by Gasteiger charge is -2.32. The van der Waals surface area contributed by atoms with Gasteiger partial charge < -0.3 is 5.11 Å². The molecule has 0 atom stereocenters. The van der Waals surface area contributed by atoms with Gasteiger partial charge in [-0.05, 0) is 66.3 Å². The van der Waals surface area contributed by atoms with E-state index in [2.05, 4.69) is 123 Å². The summed E-state index contributed by atoms with van der Waals surface area (Å²) in [6.07, 6.45) is 5.16. The van der Waals surface area contributed by atoms with Crippen molar-refractivity contribution in [3.63, 3.8) is 0 Å². The van der Waals surface area contributed by atoms with Crippen LogP contribution in [-0.2, 0) is 11.8 Å². The lowest BCUT2D eigenvalue weighted by Crippen LogP contribution is -2.30. The Morgan fingerprint density at radius 2 is 1.37 bits per heavy atom. The SMILES string of the molecule is CCCCc1ccc2c(N(c3cccc(C(CC)(CC)CO)n3)c3cccc4ccccc34)cccc2c1. The van der Waals surface area contributed by atoms with Crippen LogP contribution in [0, 0.1) is 0 Å². The van der Waals surface area contributed by atoms with Crippen LogP contribution in [-0.4, -0.2) is 16.7 Å². The van der Waals surface area contributed by atoms with Gasteiger partial charge in [0.15, 0.2) is 0 Å². The van der Waals surface area contributed by atoms with Gasteiger partial charge in [0, 0.05) is 16.2 Å². The van der Waals surface area contributed by atoms with Gasteiger partial charge in [-0.2, -0.15) is 0 Å². The predicted molar refractivity (Wildman–Crippen MR) is 162 cm³/mol. The Balaban J connectivity index is 1.76. The van der Waals surface area contributed by atoms with Gasteiger partial charge in [0.2, 0.25) is 0 Å². The number of unbranched alkanes of at least 4 members (excludes halogenated alkanes) is 1. The first-order valence-corrected chi connectivity index (χ1v) is 14.0. The largest absolute Gasteiger partial charge is 0.395 e. The number of hydrogen-bond donors (Lipinski definition) is 1. The van der Waals surface area contributed by atoms with Crippen LogP contribution in [0.15, 0.2) is 97.1 Å². The van der Waals surface area contributed by atoms with Crippen LogP contribution in [0.4, 0.5) is 17.2 Å². The predicted octanol–water partition coefficient (Wildman–Crippen LogP) is 9.25. The highest BCUT2D eigenvalue weighted by atomic mass is 16.3. The molecule has 0 bridgehead atoms. The molecule has 0 aliphatic heterocycles. The molecular formula is C35H38N2O. The van der Waals surface area contributed by atoms with E-state index in [9.17, 15) is 5.11 Å². The fourth-order valence-corrected chi connectivity index (χ4v) is 5.59. The number of nitrogens with zero attached hydrogens (tertiary/aromatic N) is 2. The summed E-state index contributed by atoms with van der Waals surface area (Å²) >= 11 is 0. The van der Waals surface area contributed by atoms with Crippen molar-refractivity contribution in [2.75, 3.05) is 11.5 Å². The summed E-state index contributed by atoms with van der Waals surface area (Å²) in [4.78, 5) is 7.55. The second-order valence-corrected chi connectivity index (χ2v) is 10.3. The molecule has 4 aromatic carbocycles. The Labute approximate surface area is 226 Å². The molecule has 1 N–H and O–H groups in total. The zero-order valence-corrected chi connectivity index (χ0v) is 22.8. The third-order valence-corrected chi connectivity index (χ3v) is 8.15. The number of aliphatic hydroxyl groups is 1. The summed E-state index contributed by atoms with van der Waals surface area (Å²) in [7, 11) is 0. The number of hydrogen-bond acceptors (Lipinski definition) is 3. The summed E-state index contributed by atoms with van der Waals surface area (Å²) < 4.78 is 0. The summed E-state index contributed by atoms with van der Waals surface area (Å²) in [5.74, 6) is 0.862. The second kappa shape index (κ2) is 11.4. The van der Waals surface area contributed by atoms with E-state index >= 15 is 0 Å². The molecule has 3 heteroatoms. The molecule has 5 aromatic rings. The summed E-state index contributed by atoms with van der Waals surface area (Å²) in [5, 5.41) is 15.2. The zero-order chi connectivity index (χ0) is 26.5. The standard InChI is InChI=1S/C35H38N2O/c1-4-7-13-26-22-23-30-28(24-26)16-11-19-32(30)37(31-18-10-15-27-14-8-9-17-29(27)31)34-21-12-20-33(36-34)35(5-2,6-3)25-38/h8-12,14-24,38H,4-7,13,25H2,1-3H3. The molecule has 3 nitrogen and oxygen atoms in total. The number of rotatable bonds is 10. The van der Waals surface area contributed by atoms with Crippen LogP contribution < -0.4 is 4.90 Å². The molecule has 5 rings (SSSR count). The summed E-state index contributed by atoms with van der Waals surface area (Å²) in [5.41, 5.74) is 4.17. The van der Waals surface area contributed by atoms with E-state index in [1.807, 2.05) is 0 Å². The Morgan fingerprint density at radius 1 is 0.711 bits per heavy atom. The van der Waals surface area contributed by atoms with Crippen molar-refractivity contribution in [2.45, 2.75) is 58.3 Å². The molecule has 0 radical (unpaired) electrons. The molecule has 1 aromatic heterocycles. The van der Waals surface area contributed by atoms with Crippen molar-refractivity contribution in [2.24, 2.45) is 0 Å². The van der Waals surface area contributed by atoms with Crippen LogP contribution in [0.1, 0.15) is 57.7 Å². The van der Waals surface area contributed by atoms with Gasteiger partial charge in [0.25, 0.3) is 0 Å². The topological polar surface area (TPSA) is 36.4 Å². The maximum Gasteiger partial charge on any atom is 0.137 e. The average Bonchev–Trinajstić information content (AvgIpc) is 2.98. The first-order chi connectivity index (χ1) is 18.6. The van der Waals surface area contributed by atoms with E-state index in [0.717, 1.165) is 42.1 Å². The fraction of sp³-hybridized carbons (Fsp3) is 0.286. The molecular weight excluding hydrogens is 464 g/mol. The molecule has 1 heterocycles. The van der Waals surface area contributed by atoms with E-state index in [1.54, 1.807) is 0 Å². The Hall–Kier alpha value is -3.69. The molecule has 0 aliphatic carbocycles. The van der Waals surface area contributed by atoms with Crippen molar-refractivity contribution in [1.29, 1.82) is 0 Å². The fourth-order valence-electron chi connectivity index (χ4n) is 5.59. The van der Waals surface area contributed by atoms with E-state index in [0.29, 0.717) is 0 Å². The number of anilines is 3. The second-order valence-electron chi connectivity index (χ2n) is 10.3.